The second-order valence-electron chi connectivity index (χ2n) is 4.08. The Labute approximate surface area is 118 Å². The van der Waals surface area contributed by atoms with Crippen molar-refractivity contribution in [2.45, 2.75) is 24.5 Å². The van der Waals surface area contributed by atoms with E-state index in [0.29, 0.717) is 0 Å². The molecule has 2 aliphatic rings. The number of nitrogens with one attached hydrogen (secondary N) is 1. The van der Waals surface area contributed by atoms with E-state index in [1.54, 1.807) is 0 Å². The fourth-order valence-corrected chi connectivity index (χ4v) is 2.27. The Morgan fingerprint density at radius 1 is 1.42 bits per heavy atom. The van der Waals surface area contributed by atoms with Gasteiger partial charge in [0.1, 0.15) is 12.2 Å². The summed E-state index contributed by atoms with van der Waals surface area (Å²) in [5.41, 5.74) is 0. The SMILES string of the molecule is O=C1NC(=O)N([C@@H]2O[C@H](C(=O)S)[C@@H](O)[C@H]2O)CC1=S. The van der Waals surface area contributed by atoms with Crippen LogP contribution < -0.4 is 5.32 Å². The molecule has 0 saturated carbocycles. The third-order valence-corrected chi connectivity index (χ3v) is 3.41. The zero-order valence-corrected chi connectivity index (χ0v) is 11.1. The molecule has 3 N–H and O–H groups in total. The lowest BCUT2D eigenvalue weighted by Gasteiger charge is -2.32. The minimum Gasteiger partial charge on any atom is -0.387 e. The van der Waals surface area contributed by atoms with E-state index in [1.807, 2.05) is 5.32 Å². The molecule has 2 fully saturated rings. The van der Waals surface area contributed by atoms with Gasteiger partial charge in [-0.1, -0.05) is 12.2 Å². The zero-order valence-electron chi connectivity index (χ0n) is 9.35. The number of thiocarbonyl (C=S) groups is 1. The third kappa shape index (κ3) is 2.49. The van der Waals surface area contributed by atoms with Crippen LogP contribution in [0.1, 0.15) is 0 Å². The molecular formula is C9H10N2O6S2. The van der Waals surface area contributed by atoms with Crippen molar-refractivity contribution >= 4 is 46.8 Å². The normalized spacial score (nSPS) is 35.5. The summed E-state index contributed by atoms with van der Waals surface area (Å²) in [4.78, 5) is 34.8. The van der Waals surface area contributed by atoms with Crippen LogP contribution in [0.3, 0.4) is 0 Å². The van der Waals surface area contributed by atoms with Crippen LogP contribution in [0.15, 0.2) is 0 Å². The van der Waals surface area contributed by atoms with Crippen molar-refractivity contribution < 1.29 is 29.3 Å². The minimum atomic E-state index is -1.51. The first-order valence-corrected chi connectivity index (χ1v) is 6.07. The van der Waals surface area contributed by atoms with Gasteiger partial charge in [0.2, 0.25) is 5.12 Å². The zero-order chi connectivity index (χ0) is 14.3. The van der Waals surface area contributed by atoms with Crippen molar-refractivity contribution in [2.24, 2.45) is 0 Å². The fourth-order valence-electron chi connectivity index (χ4n) is 1.86. The van der Waals surface area contributed by atoms with Crippen LogP contribution >= 0.6 is 24.8 Å². The summed E-state index contributed by atoms with van der Waals surface area (Å²) < 4.78 is 5.11. The van der Waals surface area contributed by atoms with Crippen molar-refractivity contribution in [2.75, 3.05) is 6.54 Å². The number of aliphatic hydroxyl groups excluding tert-OH is 2. The number of carbonyl (C=O) groups is 3. The van der Waals surface area contributed by atoms with E-state index in [-0.39, 0.29) is 11.4 Å². The smallest absolute Gasteiger partial charge is 0.326 e. The first-order valence-electron chi connectivity index (χ1n) is 5.22. The van der Waals surface area contributed by atoms with Crippen LogP contribution in [0, 0.1) is 0 Å². The third-order valence-electron chi connectivity index (χ3n) is 2.84. The lowest BCUT2D eigenvalue weighted by atomic mass is 10.1. The largest absolute Gasteiger partial charge is 0.387 e. The summed E-state index contributed by atoms with van der Waals surface area (Å²) in [7, 11) is 0. The Kier molecular flexibility index (Phi) is 3.87. The van der Waals surface area contributed by atoms with Gasteiger partial charge in [0.15, 0.2) is 12.3 Å². The predicted octanol–water partition coefficient (Wildman–Crippen LogP) is -2.19. The molecule has 0 unspecified atom stereocenters. The number of hydrogen-bond acceptors (Lipinski definition) is 7. The van der Waals surface area contributed by atoms with Crippen molar-refractivity contribution in [1.82, 2.24) is 10.2 Å². The second kappa shape index (κ2) is 5.13. The van der Waals surface area contributed by atoms with Gasteiger partial charge in [-0.15, -0.1) is 12.6 Å². The maximum absolute atomic E-state index is 11.6. The predicted molar refractivity (Wildman–Crippen MR) is 67.5 cm³/mol. The van der Waals surface area contributed by atoms with Crippen LogP contribution in [0.5, 0.6) is 0 Å². The van der Waals surface area contributed by atoms with Crippen molar-refractivity contribution in [3.63, 3.8) is 0 Å². The van der Waals surface area contributed by atoms with E-state index >= 15 is 0 Å². The highest BCUT2D eigenvalue weighted by molar-refractivity contribution is 7.96. The van der Waals surface area contributed by atoms with Gasteiger partial charge in [-0.3, -0.25) is 19.8 Å². The molecule has 0 bridgehead atoms. The number of thiol groups is 1. The van der Waals surface area contributed by atoms with Crippen molar-refractivity contribution in [3.05, 3.63) is 0 Å². The number of urea groups is 1. The van der Waals surface area contributed by atoms with Crippen molar-refractivity contribution in [1.29, 1.82) is 0 Å². The number of rotatable bonds is 2. The van der Waals surface area contributed by atoms with E-state index in [2.05, 4.69) is 12.6 Å². The summed E-state index contributed by atoms with van der Waals surface area (Å²) in [6.45, 7) is -0.234. The molecule has 2 aliphatic heterocycles. The highest BCUT2D eigenvalue weighted by Gasteiger charge is 2.50. The lowest BCUT2D eigenvalue weighted by molar-refractivity contribution is -0.128. The van der Waals surface area contributed by atoms with Gasteiger partial charge < -0.3 is 14.9 Å². The molecule has 0 spiro atoms. The Morgan fingerprint density at radius 2 is 2.05 bits per heavy atom. The Hall–Kier alpha value is -1.07. The molecule has 3 amide bonds. The minimum absolute atomic E-state index is 0.0643. The van der Waals surface area contributed by atoms with Crippen LogP contribution in [-0.4, -0.2) is 68.1 Å². The number of hydrogen-bond donors (Lipinski definition) is 4. The molecule has 4 atom stereocenters. The highest BCUT2D eigenvalue weighted by atomic mass is 32.1. The summed E-state index contributed by atoms with van der Waals surface area (Å²) in [6.07, 6.45) is -5.62. The number of imide groups is 1. The summed E-state index contributed by atoms with van der Waals surface area (Å²) >= 11 is 8.27. The molecule has 0 aromatic carbocycles. The Balaban J connectivity index is 2.18. The molecule has 104 valence electrons. The van der Waals surface area contributed by atoms with E-state index in [1.165, 1.54) is 0 Å². The standard InChI is InChI=1S/C9H10N2O6S2/c12-3-4(13)7(17-5(3)8(15)19)11-1-2(18)6(14)10-9(11)16/h3-5,7,12-13H,1H2,(H,15,19)(H,10,14,16)/t3-,4+,5-,7+/m0/s1. The molecule has 2 saturated heterocycles. The molecule has 2 rings (SSSR count). The van der Waals surface area contributed by atoms with Gasteiger partial charge in [0.25, 0.3) is 5.91 Å². The molecule has 0 aliphatic carbocycles. The maximum Gasteiger partial charge on any atom is 0.326 e. The molecular weight excluding hydrogens is 296 g/mol. The molecule has 19 heavy (non-hydrogen) atoms. The van der Waals surface area contributed by atoms with Crippen LogP contribution in [-0.2, 0) is 14.3 Å². The second-order valence-corrected chi connectivity index (χ2v) is 5.01. The van der Waals surface area contributed by atoms with Crippen LogP contribution in [0.25, 0.3) is 0 Å². The average Bonchev–Trinajstić information content (AvgIpc) is 2.62. The van der Waals surface area contributed by atoms with Gasteiger partial charge in [0, 0.05) is 0 Å². The number of amides is 3. The number of aliphatic hydroxyl groups is 2. The van der Waals surface area contributed by atoms with E-state index in [9.17, 15) is 24.6 Å². The summed E-state index contributed by atoms with van der Waals surface area (Å²) in [6, 6.07) is -0.817. The number of nitrogens with zero attached hydrogens (tertiary/aromatic N) is 1. The van der Waals surface area contributed by atoms with E-state index in [0.717, 1.165) is 4.90 Å². The first kappa shape index (κ1) is 14.3. The summed E-state index contributed by atoms with van der Waals surface area (Å²) in [5, 5.41) is 20.6. The van der Waals surface area contributed by atoms with Gasteiger partial charge in [-0.2, -0.15) is 0 Å². The van der Waals surface area contributed by atoms with Crippen molar-refractivity contribution in [3.8, 4) is 0 Å². The number of carbonyl (C=O) groups excluding carboxylic acids is 3. The molecule has 8 nitrogen and oxygen atoms in total. The topological polar surface area (TPSA) is 116 Å². The van der Waals surface area contributed by atoms with Gasteiger partial charge >= 0.3 is 6.03 Å². The molecule has 2 heterocycles. The van der Waals surface area contributed by atoms with Gasteiger partial charge in [0.05, 0.1) is 11.4 Å². The molecule has 0 radical (unpaired) electrons. The summed E-state index contributed by atoms with van der Waals surface area (Å²) in [5.74, 6) is -0.689. The van der Waals surface area contributed by atoms with Gasteiger partial charge in [-0.05, 0) is 0 Å². The first-order chi connectivity index (χ1) is 8.82. The van der Waals surface area contributed by atoms with E-state index < -0.39 is 41.6 Å². The Morgan fingerprint density at radius 3 is 2.58 bits per heavy atom. The van der Waals surface area contributed by atoms with Gasteiger partial charge in [-0.25, -0.2) is 4.79 Å². The average molecular weight is 306 g/mol. The molecule has 10 heteroatoms. The highest BCUT2D eigenvalue weighted by Crippen LogP contribution is 2.26. The Bertz CT molecular complexity index is 470. The molecule has 0 aromatic rings. The van der Waals surface area contributed by atoms with E-state index in [4.69, 9.17) is 17.0 Å². The quantitative estimate of drug-likeness (QED) is 0.338. The molecule has 0 aromatic heterocycles. The lowest BCUT2D eigenvalue weighted by Crippen LogP contribution is -2.60. The fraction of sp³-hybridized carbons (Fsp3) is 0.556. The monoisotopic (exact) mass is 306 g/mol. The number of ether oxygens (including phenoxy) is 1. The van der Waals surface area contributed by atoms with Crippen LogP contribution in [0.4, 0.5) is 4.79 Å². The van der Waals surface area contributed by atoms with Crippen LogP contribution in [0.2, 0.25) is 0 Å². The maximum atomic E-state index is 11.6.